The molecule has 0 heterocycles. The molecule has 1 atom stereocenters. The van der Waals surface area contributed by atoms with Crippen LogP contribution in [-0.4, -0.2) is 31.2 Å². The molecule has 1 aromatic rings. The number of hydrogen-bond donors (Lipinski definition) is 2. The fourth-order valence-electron chi connectivity index (χ4n) is 1.60. The number of carboxylic acid groups (broad SMARTS) is 1. The minimum Gasteiger partial charge on any atom is -0.493 e. The molecule has 1 rings (SSSR count). The lowest BCUT2D eigenvalue weighted by atomic mass is 10.1. The van der Waals surface area contributed by atoms with Gasteiger partial charge >= 0.3 is 5.97 Å². The predicted molar refractivity (Wildman–Crippen MR) is 68.7 cm³/mol. The highest BCUT2D eigenvalue weighted by Gasteiger charge is 2.26. The normalized spacial score (nSPS) is 11.6. The lowest BCUT2D eigenvalue weighted by Crippen LogP contribution is -2.32. The summed E-state index contributed by atoms with van der Waals surface area (Å²) in [6.45, 7) is 1.23. The van der Waals surface area contributed by atoms with Crippen LogP contribution in [0.1, 0.15) is 18.5 Å². The summed E-state index contributed by atoms with van der Waals surface area (Å²) in [4.78, 5) is 22.2. The van der Waals surface area contributed by atoms with E-state index in [1.807, 2.05) is 0 Å². The topological polar surface area (TPSA) is 84.9 Å². The van der Waals surface area contributed by atoms with Gasteiger partial charge in [0.2, 0.25) is 5.91 Å². The highest BCUT2D eigenvalue weighted by Crippen LogP contribution is 2.39. The number of methoxy groups -OCH3 is 2. The van der Waals surface area contributed by atoms with Gasteiger partial charge in [-0.2, -0.15) is 0 Å². The van der Waals surface area contributed by atoms with Gasteiger partial charge in [-0.1, -0.05) is 17.7 Å². The first-order valence-electron chi connectivity index (χ1n) is 5.32. The molecule has 1 amide bonds. The number of rotatable bonds is 5. The Balaban J connectivity index is 3.32. The highest BCUT2D eigenvalue weighted by atomic mass is 35.5. The molecule has 7 heteroatoms. The number of carbonyl (C=O) groups is 2. The summed E-state index contributed by atoms with van der Waals surface area (Å²) < 4.78 is 10.1. The first-order chi connectivity index (χ1) is 8.92. The van der Waals surface area contributed by atoms with E-state index in [2.05, 4.69) is 5.32 Å². The fraction of sp³-hybridized carbons (Fsp3) is 0.333. The number of nitrogens with one attached hydrogen (secondary N) is 1. The number of amides is 1. The molecule has 0 fully saturated rings. The van der Waals surface area contributed by atoms with Crippen LogP contribution in [0.3, 0.4) is 0 Å². The maximum absolute atomic E-state index is 11.2. The lowest BCUT2D eigenvalue weighted by Gasteiger charge is -2.18. The molecule has 6 nitrogen and oxygen atoms in total. The third-order valence-electron chi connectivity index (χ3n) is 2.42. The Morgan fingerprint density at radius 2 is 1.95 bits per heavy atom. The quantitative estimate of drug-likeness (QED) is 0.859. The van der Waals surface area contributed by atoms with Crippen molar-refractivity contribution >= 4 is 23.5 Å². The molecule has 2 N–H and O–H groups in total. The van der Waals surface area contributed by atoms with E-state index in [9.17, 15) is 9.59 Å². The number of benzene rings is 1. The Labute approximate surface area is 115 Å². The van der Waals surface area contributed by atoms with Crippen molar-refractivity contribution < 1.29 is 24.2 Å². The fourth-order valence-corrected chi connectivity index (χ4v) is 1.95. The van der Waals surface area contributed by atoms with E-state index in [4.69, 9.17) is 26.2 Å². The zero-order valence-electron chi connectivity index (χ0n) is 10.7. The average molecular weight is 288 g/mol. The summed E-state index contributed by atoms with van der Waals surface area (Å²) in [5, 5.41) is 11.5. The first-order valence-corrected chi connectivity index (χ1v) is 5.70. The monoisotopic (exact) mass is 287 g/mol. The minimum atomic E-state index is -1.25. The van der Waals surface area contributed by atoms with Gasteiger partial charge in [-0.25, -0.2) is 4.79 Å². The number of ether oxygens (including phenoxy) is 2. The highest BCUT2D eigenvalue weighted by molar-refractivity contribution is 6.33. The van der Waals surface area contributed by atoms with Crippen molar-refractivity contribution in [2.45, 2.75) is 13.0 Å². The third-order valence-corrected chi connectivity index (χ3v) is 2.81. The molecule has 19 heavy (non-hydrogen) atoms. The largest absolute Gasteiger partial charge is 0.493 e. The second-order valence-electron chi connectivity index (χ2n) is 3.68. The summed E-state index contributed by atoms with van der Waals surface area (Å²) in [5.74, 6) is -1.09. The summed E-state index contributed by atoms with van der Waals surface area (Å²) in [7, 11) is 2.83. The molecule has 0 aliphatic heterocycles. The molecule has 0 spiro atoms. The second kappa shape index (κ2) is 6.29. The Hall–Kier alpha value is -1.95. The molecule has 0 aromatic heterocycles. The van der Waals surface area contributed by atoms with Crippen molar-refractivity contribution in [3.8, 4) is 11.5 Å². The van der Waals surface area contributed by atoms with Crippen LogP contribution in [0, 0.1) is 0 Å². The van der Waals surface area contributed by atoms with Crippen molar-refractivity contribution in [2.24, 2.45) is 0 Å². The van der Waals surface area contributed by atoms with E-state index in [1.54, 1.807) is 0 Å². The minimum absolute atomic E-state index is 0.0861. The van der Waals surface area contributed by atoms with Gasteiger partial charge in [0.25, 0.3) is 0 Å². The van der Waals surface area contributed by atoms with Gasteiger partial charge in [0.05, 0.1) is 19.2 Å². The molecule has 0 saturated heterocycles. The van der Waals surface area contributed by atoms with Crippen LogP contribution in [0.2, 0.25) is 5.02 Å². The first kappa shape index (κ1) is 15.1. The van der Waals surface area contributed by atoms with E-state index in [0.717, 1.165) is 0 Å². The summed E-state index contributed by atoms with van der Waals surface area (Å²) >= 11 is 6.10. The second-order valence-corrected chi connectivity index (χ2v) is 4.05. The lowest BCUT2D eigenvalue weighted by molar-refractivity contribution is -0.141. The zero-order valence-corrected chi connectivity index (χ0v) is 11.4. The summed E-state index contributed by atoms with van der Waals surface area (Å²) in [6.07, 6.45) is 0. The average Bonchev–Trinajstić information content (AvgIpc) is 2.35. The molecule has 0 saturated carbocycles. The molecule has 0 radical (unpaired) electrons. The van der Waals surface area contributed by atoms with Gasteiger partial charge in [0.15, 0.2) is 17.5 Å². The maximum atomic E-state index is 11.2. The molecule has 0 bridgehead atoms. The third kappa shape index (κ3) is 3.29. The Morgan fingerprint density at radius 1 is 1.32 bits per heavy atom. The predicted octanol–water partition coefficient (Wildman–Crippen LogP) is 1.62. The van der Waals surface area contributed by atoms with E-state index >= 15 is 0 Å². The van der Waals surface area contributed by atoms with Crippen molar-refractivity contribution in [3.63, 3.8) is 0 Å². The summed E-state index contributed by atoms with van der Waals surface area (Å²) in [5.41, 5.74) is 0.224. The van der Waals surface area contributed by atoms with Crippen LogP contribution in [0.25, 0.3) is 0 Å². The van der Waals surface area contributed by atoms with E-state index in [0.29, 0.717) is 5.75 Å². The van der Waals surface area contributed by atoms with Crippen LogP contribution in [0.4, 0.5) is 0 Å². The van der Waals surface area contributed by atoms with Crippen LogP contribution >= 0.6 is 11.6 Å². The van der Waals surface area contributed by atoms with Crippen LogP contribution in [0.15, 0.2) is 12.1 Å². The SMILES string of the molecule is COc1ccc(C(NC(C)=O)C(=O)O)c(Cl)c1OC. The van der Waals surface area contributed by atoms with E-state index < -0.39 is 17.9 Å². The smallest absolute Gasteiger partial charge is 0.330 e. The van der Waals surface area contributed by atoms with Crippen LogP contribution < -0.4 is 14.8 Å². The molecular weight excluding hydrogens is 274 g/mol. The zero-order chi connectivity index (χ0) is 14.6. The van der Waals surface area contributed by atoms with Gasteiger partial charge in [0.1, 0.15) is 0 Å². The molecule has 0 aliphatic rings. The van der Waals surface area contributed by atoms with Gasteiger partial charge in [-0.05, 0) is 6.07 Å². The van der Waals surface area contributed by atoms with Crippen molar-refractivity contribution in [1.82, 2.24) is 5.32 Å². The Kier molecular flexibility index (Phi) is 5.00. The molecular formula is C12H14ClNO5. The molecule has 104 valence electrons. The van der Waals surface area contributed by atoms with Crippen molar-refractivity contribution in [2.75, 3.05) is 14.2 Å². The number of carbonyl (C=O) groups excluding carboxylic acids is 1. The van der Waals surface area contributed by atoms with E-state index in [-0.39, 0.29) is 16.3 Å². The standard InChI is InChI=1S/C12H14ClNO5/c1-6(15)14-10(12(16)17)7-4-5-8(18-2)11(19-3)9(7)13/h4-5,10H,1-3H3,(H,14,15)(H,16,17). The van der Waals surface area contributed by atoms with Crippen LogP contribution in [0.5, 0.6) is 11.5 Å². The Bertz CT molecular complexity index is 503. The van der Waals surface area contributed by atoms with Crippen LogP contribution in [-0.2, 0) is 9.59 Å². The Morgan fingerprint density at radius 3 is 2.37 bits per heavy atom. The number of aliphatic carboxylic acids is 1. The number of halogens is 1. The van der Waals surface area contributed by atoms with E-state index in [1.165, 1.54) is 33.3 Å². The van der Waals surface area contributed by atoms with Gasteiger partial charge < -0.3 is 19.9 Å². The number of hydrogen-bond acceptors (Lipinski definition) is 4. The number of carboxylic acids is 1. The van der Waals surface area contributed by atoms with Crippen molar-refractivity contribution in [3.05, 3.63) is 22.7 Å². The van der Waals surface area contributed by atoms with Gasteiger partial charge in [-0.15, -0.1) is 0 Å². The maximum Gasteiger partial charge on any atom is 0.330 e. The summed E-state index contributed by atoms with van der Waals surface area (Å²) in [6, 6.07) is 1.75. The molecule has 1 aromatic carbocycles. The van der Waals surface area contributed by atoms with Gasteiger partial charge in [-0.3, -0.25) is 4.79 Å². The molecule has 0 aliphatic carbocycles. The molecule has 1 unspecified atom stereocenters. The van der Waals surface area contributed by atoms with Crippen molar-refractivity contribution in [1.29, 1.82) is 0 Å². The van der Waals surface area contributed by atoms with Gasteiger partial charge in [0, 0.05) is 12.5 Å².